The van der Waals surface area contributed by atoms with Gasteiger partial charge in [0, 0.05) is 10.9 Å². The van der Waals surface area contributed by atoms with Crippen molar-refractivity contribution in [3.63, 3.8) is 0 Å². The van der Waals surface area contributed by atoms with Crippen LogP contribution in [0.4, 0.5) is 0 Å². The lowest BCUT2D eigenvalue weighted by atomic mass is 10.1. The van der Waals surface area contributed by atoms with E-state index in [1.807, 2.05) is 19.1 Å². The van der Waals surface area contributed by atoms with Crippen LogP contribution in [0.2, 0.25) is 5.02 Å². The van der Waals surface area contributed by atoms with E-state index in [1.165, 1.54) is 16.8 Å². The number of aromatic nitrogens is 2. The number of ether oxygens (including phenoxy) is 1. The number of nitrogens with zero attached hydrogens (tertiary/aromatic N) is 3. The Balaban J connectivity index is 1.55. The fourth-order valence-electron chi connectivity index (χ4n) is 3.44. The highest BCUT2D eigenvalue weighted by Gasteiger charge is 2.11. The molecule has 0 saturated carbocycles. The molecular weight excluding hydrogens is 534 g/mol. The maximum atomic E-state index is 13.1. The van der Waals surface area contributed by atoms with Gasteiger partial charge in [-0.25, -0.2) is 9.78 Å². The summed E-state index contributed by atoms with van der Waals surface area (Å²) in [5.41, 5.74) is 2.11. The molecule has 1 aromatic heterocycles. The van der Waals surface area contributed by atoms with Crippen LogP contribution in [-0.2, 0) is 13.0 Å². The Morgan fingerprint density at radius 3 is 2.63 bits per heavy atom. The molecular formula is C26H21BrClN3O4. The van der Waals surface area contributed by atoms with Crippen molar-refractivity contribution in [2.45, 2.75) is 26.4 Å². The van der Waals surface area contributed by atoms with Gasteiger partial charge in [-0.1, -0.05) is 46.6 Å². The van der Waals surface area contributed by atoms with Gasteiger partial charge in [-0.05, 0) is 66.1 Å². The molecule has 0 amide bonds. The summed E-state index contributed by atoms with van der Waals surface area (Å²) in [6.45, 7) is 2.26. The number of rotatable bonds is 8. The standard InChI is InChI=1S/C26H21BrClN3O4/c1-2-3-24-30-22-10-9-19(27)13-20(22)25(32)31(24)29-14-17-6-11-23(21(28)12-17)35-15-16-4-7-18(8-5-16)26(33)34/h4-14H,2-3,15H2,1H3,(H,33,34). The second-order valence-electron chi connectivity index (χ2n) is 7.78. The van der Waals surface area contributed by atoms with E-state index in [9.17, 15) is 9.59 Å². The number of benzene rings is 3. The summed E-state index contributed by atoms with van der Waals surface area (Å²) in [4.78, 5) is 28.7. The molecule has 35 heavy (non-hydrogen) atoms. The number of hydrogen-bond donors (Lipinski definition) is 1. The van der Waals surface area contributed by atoms with Crippen molar-refractivity contribution in [3.8, 4) is 5.75 Å². The molecule has 7 nitrogen and oxygen atoms in total. The molecule has 0 aliphatic carbocycles. The molecule has 4 rings (SSSR count). The molecule has 9 heteroatoms. The molecule has 0 saturated heterocycles. The number of fused-ring (bicyclic) bond motifs is 1. The average Bonchev–Trinajstić information content (AvgIpc) is 2.84. The number of carboxylic acids is 1. The Hall–Kier alpha value is -3.49. The average molecular weight is 555 g/mol. The molecule has 0 atom stereocenters. The molecule has 3 aromatic carbocycles. The third-order valence-electron chi connectivity index (χ3n) is 5.22. The first-order valence-corrected chi connectivity index (χ1v) is 12.0. The van der Waals surface area contributed by atoms with Gasteiger partial charge in [0.2, 0.25) is 0 Å². The number of aryl methyl sites for hydroxylation is 1. The van der Waals surface area contributed by atoms with Crippen molar-refractivity contribution < 1.29 is 14.6 Å². The summed E-state index contributed by atoms with van der Waals surface area (Å²) in [5.74, 6) is 0.0879. The first-order valence-electron chi connectivity index (χ1n) is 10.9. The monoisotopic (exact) mass is 553 g/mol. The normalized spacial score (nSPS) is 11.3. The quantitative estimate of drug-likeness (QED) is 0.273. The van der Waals surface area contributed by atoms with Gasteiger partial charge >= 0.3 is 5.97 Å². The number of halogens is 2. The molecule has 0 fully saturated rings. The molecule has 0 radical (unpaired) electrons. The first kappa shape index (κ1) is 24.6. The minimum Gasteiger partial charge on any atom is -0.487 e. The SMILES string of the molecule is CCCc1nc2ccc(Br)cc2c(=O)n1N=Cc1ccc(OCc2ccc(C(=O)O)cc2)c(Cl)c1. The molecule has 4 aromatic rings. The topological polar surface area (TPSA) is 93.8 Å². The predicted molar refractivity (Wildman–Crippen MR) is 140 cm³/mol. The van der Waals surface area contributed by atoms with Crippen LogP contribution in [0.3, 0.4) is 0 Å². The molecule has 0 bridgehead atoms. The minimum absolute atomic E-state index is 0.214. The molecule has 0 aliphatic rings. The van der Waals surface area contributed by atoms with Crippen LogP contribution in [-0.4, -0.2) is 27.0 Å². The van der Waals surface area contributed by atoms with Crippen molar-refractivity contribution >= 4 is 50.6 Å². The fourth-order valence-corrected chi connectivity index (χ4v) is 4.05. The maximum absolute atomic E-state index is 13.1. The summed E-state index contributed by atoms with van der Waals surface area (Å²) >= 11 is 9.80. The van der Waals surface area contributed by atoms with E-state index in [4.69, 9.17) is 21.4 Å². The Morgan fingerprint density at radius 1 is 1.17 bits per heavy atom. The largest absolute Gasteiger partial charge is 0.487 e. The first-order chi connectivity index (χ1) is 16.9. The van der Waals surface area contributed by atoms with Crippen molar-refractivity contribution in [1.29, 1.82) is 0 Å². The zero-order valence-corrected chi connectivity index (χ0v) is 21.1. The van der Waals surface area contributed by atoms with Crippen LogP contribution in [0.15, 0.2) is 75.0 Å². The van der Waals surface area contributed by atoms with Crippen molar-refractivity contribution in [2.75, 3.05) is 0 Å². The van der Waals surface area contributed by atoms with E-state index < -0.39 is 5.97 Å². The smallest absolute Gasteiger partial charge is 0.335 e. The summed E-state index contributed by atoms with van der Waals surface area (Å²) in [5, 5.41) is 14.3. The third-order valence-corrected chi connectivity index (χ3v) is 6.01. The lowest BCUT2D eigenvalue weighted by Gasteiger charge is -2.10. The fraction of sp³-hybridized carbons (Fsp3) is 0.154. The van der Waals surface area contributed by atoms with Gasteiger partial charge in [-0.15, -0.1) is 0 Å². The van der Waals surface area contributed by atoms with Crippen LogP contribution < -0.4 is 10.3 Å². The number of carboxylic acid groups (broad SMARTS) is 1. The van der Waals surface area contributed by atoms with Crippen molar-refractivity contribution in [2.24, 2.45) is 5.10 Å². The van der Waals surface area contributed by atoms with E-state index in [0.717, 1.165) is 16.5 Å². The Labute approximate surface area is 214 Å². The summed E-state index contributed by atoms with van der Waals surface area (Å²) in [6.07, 6.45) is 2.99. The Kier molecular flexibility index (Phi) is 7.63. The number of carbonyl (C=O) groups is 1. The van der Waals surface area contributed by atoms with Crippen LogP contribution in [0.25, 0.3) is 10.9 Å². The van der Waals surface area contributed by atoms with E-state index in [0.29, 0.717) is 39.5 Å². The lowest BCUT2D eigenvalue weighted by Crippen LogP contribution is -2.22. The van der Waals surface area contributed by atoms with Crippen LogP contribution in [0.1, 0.15) is 40.7 Å². The van der Waals surface area contributed by atoms with Gasteiger partial charge in [0.25, 0.3) is 5.56 Å². The Morgan fingerprint density at radius 2 is 1.94 bits per heavy atom. The molecule has 1 heterocycles. The molecule has 178 valence electrons. The zero-order chi connectivity index (χ0) is 24.9. The van der Waals surface area contributed by atoms with Gasteiger partial charge in [-0.2, -0.15) is 9.78 Å². The highest BCUT2D eigenvalue weighted by atomic mass is 79.9. The molecule has 0 unspecified atom stereocenters. The van der Waals surface area contributed by atoms with Crippen molar-refractivity contribution in [3.05, 3.63) is 103 Å². The Bertz CT molecular complexity index is 1480. The lowest BCUT2D eigenvalue weighted by molar-refractivity contribution is 0.0697. The van der Waals surface area contributed by atoms with Crippen LogP contribution in [0.5, 0.6) is 5.75 Å². The number of hydrogen-bond acceptors (Lipinski definition) is 5. The highest BCUT2D eigenvalue weighted by molar-refractivity contribution is 9.10. The molecule has 0 aliphatic heterocycles. The molecule has 1 N–H and O–H groups in total. The highest BCUT2D eigenvalue weighted by Crippen LogP contribution is 2.26. The zero-order valence-electron chi connectivity index (χ0n) is 18.7. The van der Waals surface area contributed by atoms with E-state index in [-0.39, 0.29) is 17.7 Å². The van der Waals surface area contributed by atoms with E-state index >= 15 is 0 Å². The number of aromatic carboxylic acids is 1. The minimum atomic E-state index is -0.978. The van der Waals surface area contributed by atoms with Crippen LogP contribution >= 0.6 is 27.5 Å². The van der Waals surface area contributed by atoms with Crippen LogP contribution in [0, 0.1) is 0 Å². The summed E-state index contributed by atoms with van der Waals surface area (Å²) in [7, 11) is 0. The second kappa shape index (κ2) is 10.8. The summed E-state index contributed by atoms with van der Waals surface area (Å²) < 4.78 is 7.90. The molecule has 0 spiro atoms. The third kappa shape index (κ3) is 5.78. The maximum Gasteiger partial charge on any atom is 0.335 e. The van der Waals surface area contributed by atoms with E-state index in [2.05, 4.69) is 26.0 Å². The second-order valence-corrected chi connectivity index (χ2v) is 9.10. The van der Waals surface area contributed by atoms with Gasteiger partial charge < -0.3 is 9.84 Å². The van der Waals surface area contributed by atoms with Gasteiger partial charge in [0.1, 0.15) is 18.2 Å². The predicted octanol–water partition coefficient (Wildman–Crippen LogP) is 5.92. The van der Waals surface area contributed by atoms with Crippen molar-refractivity contribution in [1.82, 2.24) is 9.66 Å². The van der Waals surface area contributed by atoms with Gasteiger partial charge in [0.05, 0.1) is 27.7 Å². The van der Waals surface area contributed by atoms with Gasteiger partial charge in [-0.3, -0.25) is 4.79 Å². The summed E-state index contributed by atoms with van der Waals surface area (Å²) in [6, 6.07) is 17.1. The van der Waals surface area contributed by atoms with Gasteiger partial charge in [0.15, 0.2) is 0 Å². The van der Waals surface area contributed by atoms with E-state index in [1.54, 1.807) is 42.6 Å².